The molecule has 0 saturated heterocycles. The van der Waals surface area contributed by atoms with Crippen LogP contribution in [0.5, 0.6) is 11.5 Å². The molecule has 4 aromatic rings. The summed E-state index contributed by atoms with van der Waals surface area (Å²) in [6.45, 7) is 7.00. The SMILES string of the molecule is C=[N+](C(=O)c1cccc(CCCOC(=O)C2(NC(=O)c3cccc(C)c3OCC3CC3)Cc3ccccc3C2)c1OCC1CC1)C1(C(=O)O)Cc2ccccc2C1. The van der Waals surface area contributed by atoms with Crippen molar-refractivity contribution in [1.82, 2.24) is 5.32 Å². The Morgan fingerprint density at radius 2 is 1.28 bits per heavy atom. The van der Waals surface area contributed by atoms with E-state index in [0.29, 0.717) is 67.8 Å². The Balaban J connectivity index is 0.979. The number of rotatable bonds is 16. The van der Waals surface area contributed by atoms with Gasteiger partial charge in [0.2, 0.25) is 0 Å². The first-order valence-corrected chi connectivity index (χ1v) is 20.1. The molecule has 57 heavy (non-hydrogen) atoms. The van der Waals surface area contributed by atoms with Gasteiger partial charge in [-0.2, -0.15) is 4.58 Å². The number of carbonyl (C=O) groups is 4. The maximum atomic E-state index is 14.2. The van der Waals surface area contributed by atoms with Gasteiger partial charge in [0.05, 0.1) is 25.4 Å². The number of hydrogen-bond donors (Lipinski definition) is 2. The van der Waals surface area contributed by atoms with Crippen LogP contribution in [0.3, 0.4) is 0 Å². The summed E-state index contributed by atoms with van der Waals surface area (Å²) < 4.78 is 19.6. The molecule has 0 aliphatic heterocycles. The minimum absolute atomic E-state index is 0.0646. The Labute approximate surface area is 332 Å². The molecule has 4 aliphatic carbocycles. The van der Waals surface area contributed by atoms with E-state index in [-0.39, 0.29) is 30.9 Å². The van der Waals surface area contributed by atoms with Gasteiger partial charge < -0.3 is 24.6 Å². The van der Waals surface area contributed by atoms with Crippen molar-refractivity contribution in [2.45, 2.75) is 82.2 Å². The number of nitrogens with zero attached hydrogens (tertiary/aromatic N) is 1. The molecule has 0 unspecified atom stereocenters. The van der Waals surface area contributed by atoms with Gasteiger partial charge in [0.1, 0.15) is 29.3 Å². The molecular formula is C47H49N2O8+. The first-order chi connectivity index (χ1) is 27.6. The van der Waals surface area contributed by atoms with E-state index in [1.54, 1.807) is 18.2 Å². The fourth-order valence-corrected chi connectivity index (χ4v) is 8.26. The van der Waals surface area contributed by atoms with Gasteiger partial charge in [0.25, 0.3) is 11.4 Å². The largest absolute Gasteiger partial charge is 0.492 e. The van der Waals surface area contributed by atoms with Crippen LogP contribution in [-0.2, 0) is 46.4 Å². The maximum Gasteiger partial charge on any atom is 0.423 e. The molecule has 294 valence electrons. The molecule has 0 aromatic heterocycles. The van der Waals surface area contributed by atoms with Crippen LogP contribution in [0.1, 0.15) is 86.2 Å². The van der Waals surface area contributed by atoms with Crippen LogP contribution in [0.15, 0.2) is 84.9 Å². The van der Waals surface area contributed by atoms with Gasteiger partial charge in [-0.25, -0.2) is 14.4 Å². The topological polar surface area (TPSA) is 131 Å². The monoisotopic (exact) mass is 769 g/mol. The Hall–Kier alpha value is -5.77. The summed E-state index contributed by atoms with van der Waals surface area (Å²) >= 11 is 0. The van der Waals surface area contributed by atoms with Crippen molar-refractivity contribution in [2.75, 3.05) is 19.8 Å². The molecule has 4 aliphatic rings. The number of nitrogens with one attached hydrogen (secondary N) is 1. The Bertz CT molecular complexity index is 2200. The number of amides is 2. The second kappa shape index (κ2) is 15.6. The number of esters is 1. The number of para-hydroxylation sites is 2. The van der Waals surface area contributed by atoms with Crippen LogP contribution in [0.4, 0.5) is 0 Å². The Morgan fingerprint density at radius 3 is 1.86 bits per heavy atom. The summed E-state index contributed by atoms with van der Waals surface area (Å²) in [5.74, 6) is -0.702. The summed E-state index contributed by atoms with van der Waals surface area (Å²) in [4.78, 5) is 55.2. The van der Waals surface area contributed by atoms with Crippen LogP contribution < -0.4 is 14.8 Å². The molecule has 10 heteroatoms. The minimum Gasteiger partial charge on any atom is -0.492 e. The maximum absolute atomic E-state index is 14.2. The van der Waals surface area contributed by atoms with Gasteiger partial charge in [-0.05, 0) is 103 Å². The van der Waals surface area contributed by atoms with Crippen molar-refractivity contribution in [3.8, 4) is 11.5 Å². The molecular weight excluding hydrogens is 721 g/mol. The van der Waals surface area contributed by atoms with Crippen LogP contribution in [0.25, 0.3) is 0 Å². The van der Waals surface area contributed by atoms with Crippen molar-refractivity contribution < 1.29 is 43.1 Å². The molecule has 0 bridgehead atoms. The van der Waals surface area contributed by atoms with Crippen LogP contribution >= 0.6 is 0 Å². The third kappa shape index (κ3) is 7.82. The second-order valence-electron chi connectivity index (χ2n) is 16.3. The van der Waals surface area contributed by atoms with E-state index in [0.717, 1.165) is 63.6 Å². The van der Waals surface area contributed by atoms with Crippen molar-refractivity contribution in [2.24, 2.45) is 11.8 Å². The zero-order valence-corrected chi connectivity index (χ0v) is 32.4. The average molecular weight is 770 g/mol. The van der Waals surface area contributed by atoms with Crippen molar-refractivity contribution in [1.29, 1.82) is 0 Å². The van der Waals surface area contributed by atoms with Gasteiger partial charge in [-0.15, -0.1) is 0 Å². The van der Waals surface area contributed by atoms with Gasteiger partial charge in [0, 0.05) is 25.7 Å². The highest BCUT2D eigenvalue weighted by atomic mass is 16.5. The lowest BCUT2D eigenvalue weighted by Gasteiger charge is -2.28. The van der Waals surface area contributed by atoms with E-state index >= 15 is 0 Å². The number of carboxylic acid groups (broad SMARTS) is 1. The fraction of sp³-hybridized carbons (Fsp3) is 0.383. The molecule has 0 heterocycles. The molecule has 2 saturated carbocycles. The molecule has 2 fully saturated rings. The molecule has 8 rings (SSSR count). The van der Waals surface area contributed by atoms with Gasteiger partial charge in [0.15, 0.2) is 0 Å². The highest BCUT2D eigenvalue weighted by Crippen LogP contribution is 2.38. The van der Waals surface area contributed by atoms with E-state index in [9.17, 15) is 24.3 Å². The molecule has 10 nitrogen and oxygen atoms in total. The average Bonchev–Trinajstić information content (AvgIpc) is 4.15. The van der Waals surface area contributed by atoms with Crippen molar-refractivity contribution >= 4 is 30.5 Å². The highest BCUT2D eigenvalue weighted by Gasteiger charge is 2.56. The lowest BCUT2D eigenvalue weighted by molar-refractivity contribution is -0.497. The number of carboxylic acids is 1. The van der Waals surface area contributed by atoms with E-state index in [2.05, 4.69) is 12.0 Å². The van der Waals surface area contributed by atoms with Crippen molar-refractivity contribution in [3.05, 3.63) is 129 Å². The highest BCUT2D eigenvalue weighted by molar-refractivity contribution is 6.01. The van der Waals surface area contributed by atoms with E-state index in [1.165, 1.54) is 0 Å². The number of ether oxygens (including phenoxy) is 3. The van der Waals surface area contributed by atoms with Gasteiger partial charge in [-0.1, -0.05) is 72.8 Å². The fourth-order valence-electron chi connectivity index (χ4n) is 8.26. The van der Waals surface area contributed by atoms with E-state index < -0.39 is 28.9 Å². The van der Waals surface area contributed by atoms with E-state index in [1.807, 2.05) is 73.7 Å². The third-order valence-corrected chi connectivity index (χ3v) is 12.0. The van der Waals surface area contributed by atoms with Gasteiger partial charge in [-0.3, -0.25) is 4.79 Å². The predicted molar refractivity (Wildman–Crippen MR) is 213 cm³/mol. The molecule has 0 spiro atoms. The molecule has 4 aromatic carbocycles. The Kier molecular flexibility index (Phi) is 10.5. The summed E-state index contributed by atoms with van der Waals surface area (Å²) in [5.41, 5.74) is 3.13. The van der Waals surface area contributed by atoms with Gasteiger partial charge >= 0.3 is 17.8 Å². The second-order valence-corrected chi connectivity index (χ2v) is 16.3. The minimum atomic E-state index is -1.53. The number of hydrogen-bond acceptors (Lipinski definition) is 7. The van der Waals surface area contributed by atoms with Crippen LogP contribution in [0.2, 0.25) is 0 Å². The number of aliphatic carboxylic acids is 1. The Morgan fingerprint density at radius 1 is 0.737 bits per heavy atom. The third-order valence-electron chi connectivity index (χ3n) is 12.0. The number of aryl methyl sites for hydroxylation is 2. The normalized spacial score (nSPS) is 17.2. The molecule has 2 amide bonds. The molecule has 0 radical (unpaired) electrons. The summed E-state index contributed by atoms with van der Waals surface area (Å²) in [7, 11) is 0. The van der Waals surface area contributed by atoms with E-state index in [4.69, 9.17) is 14.2 Å². The van der Waals surface area contributed by atoms with Crippen LogP contribution in [-0.4, -0.2) is 71.1 Å². The quantitative estimate of drug-likeness (QED) is 0.0573. The summed E-state index contributed by atoms with van der Waals surface area (Å²) in [5, 5.41) is 13.6. The lowest BCUT2D eigenvalue weighted by atomic mass is 9.93. The standard InChI is InChI=1S/C47H48N2O8/c1-30-10-7-17-38(40(30)56-28-31-19-20-31)42(50)48-46(24-34-11-3-4-12-35(34)25-46)45(54)55-23-9-16-33-15-8-18-39(41(33)57-29-32-21-22-32)43(51)49(2)47(44(52)53)26-36-13-5-6-14-37(36)27-47/h3-8,10-15,17-18,31-32H,2,9,16,19-29H2,1H3,(H-,48,50,52,53)/p+1. The lowest BCUT2D eigenvalue weighted by Crippen LogP contribution is -2.56. The number of fused-ring (bicyclic) bond motifs is 2. The predicted octanol–water partition coefficient (Wildman–Crippen LogP) is 6.49. The summed E-state index contributed by atoms with van der Waals surface area (Å²) in [6.07, 6.45) is 6.08. The first kappa shape index (κ1) is 38.1. The number of benzene rings is 4. The first-order valence-electron chi connectivity index (χ1n) is 20.1. The smallest absolute Gasteiger partial charge is 0.423 e. The zero-order chi connectivity index (χ0) is 39.7. The van der Waals surface area contributed by atoms with Crippen molar-refractivity contribution in [3.63, 3.8) is 0 Å². The van der Waals surface area contributed by atoms with Crippen LogP contribution in [0, 0.1) is 18.8 Å². The number of carbonyl (C=O) groups excluding carboxylic acids is 3. The summed E-state index contributed by atoms with van der Waals surface area (Å²) in [6, 6.07) is 26.1. The molecule has 2 N–H and O–H groups in total. The molecule has 0 atom stereocenters. The zero-order valence-electron chi connectivity index (χ0n) is 32.4.